The minimum absolute atomic E-state index is 0.0380. The number of halogens is 1. The summed E-state index contributed by atoms with van der Waals surface area (Å²) in [5.41, 5.74) is 0.917. The van der Waals surface area contributed by atoms with E-state index in [9.17, 15) is 4.79 Å². The third kappa shape index (κ3) is 5.82. The zero-order valence-electron chi connectivity index (χ0n) is 12.1. The van der Waals surface area contributed by atoms with E-state index in [1.165, 1.54) is 0 Å². The van der Waals surface area contributed by atoms with E-state index >= 15 is 0 Å². The molecule has 0 radical (unpaired) electrons. The first-order chi connectivity index (χ1) is 9.71. The van der Waals surface area contributed by atoms with Crippen molar-refractivity contribution in [2.75, 3.05) is 26.1 Å². The first-order valence-corrected chi connectivity index (χ1v) is 7.87. The van der Waals surface area contributed by atoms with Crippen molar-refractivity contribution in [2.24, 2.45) is 0 Å². The molecule has 0 aliphatic carbocycles. The summed E-state index contributed by atoms with van der Waals surface area (Å²) in [7, 11) is 3.18. The van der Waals surface area contributed by atoms with E-state index in [2.05, 4.69) is 21.2 Å². The Labute approximate surface area is 129 Å². The molecule has 0 saturated heterocycles. The van der Waals surface area contributed by atoms with Gasteiger partial charge < -0.3 is 14.8 Å². The van der Waals surface area contributed by atoms with E-state index in [1.807, 2.05) is 18.2 Å². The Hall–Kier alpha value is -1.23. The van der Waals surface area contributed by atoms with Gasteiger partial charge in [0.1, 0.15) is 0 Å². The predicted octanol–water partition coefficient (Wildman–Crippen LogP) is 2.93. The summed E-state index contributed by atoms with van der Waals surface area (Å²) in [5, 5.41) is 3.95. The molecule has 112 valence electrons. The highest BCUT2D eigenvalue weighted by Crippen LogP contribution is 2.27. The van der Waals surface area contributed by atoms with E-state index in [0.29, 0.717) is 17.9 Å². The van der Waals surface area contributed by atoms with Crippen molar-refractivity contribution in [3.05, 3.63) is 23.8 Å². The number of ether oxygens (including phenoxy) is 2. The third-order valence-corrected chi connectivity index (χ3v) is 3.51. The van der Waals surface area contributed by atoms with Gasteiger partial charge in [0, 0.05) is 11.9 Å². The highest BCUT2D eigenvalue weighted by Gasteiger charge is 2.07. The van der Waals surface area contributed by atoms with Gasteiger partial charge in [-0.3, -0.25) is 4.79 Å². The maximum absolute atomic E-state index is 11.8. The molecule has 1 aromatic carbocycles. The van der Waals surface area contributed by atoms with E-state index in [4.69, 9.17) is 9.47 Å². The van der Waals surface area contributed by atoms with Gasteiger partial charge in [-0.25, -0.2) is 0 Å². The lowest BCUT2D eigenvalue weighted by atomic mass is 10.1. The lowest BCUT2D eigenvalue weighted by Crippen LogP contribution is -2.26. The van der Waals surface area contributed by atoms with Crippen molar-refractivity contribution in [2.45, 2.75) is 25.7 Å². The molecule has 0 bridgehead atoms. The maximum Gasteiger partial charge on any atom is 0.224 e. The average Bonchev–Trinajstić information content (AvgIpc) is 2.46. The normalized spacial score (nSPS) is 10.2. The Balaban J connectivity index is 2.41. The quantitative estimate of drug-likeness (QED) is 0.554. The van der Waals surface area contributed by atoms with Crippen LogP contribution in [0.4, 0.5) is 0 Å². The third-order valence-electron chi connectivity index (χ3n) is 2.95. The molecule has 0 unspecified atom stereocenters. The molecule has 0 fully saturated rings. The summed E-state index contributed by atoms with van der Waals surface area (Å²) in [5.74, 6) is 1.36. The topological polar surface area (TPSA) is 47.6 Å². The van der Waals surface area contributed by atoms with Gasteiger partial charge in [0.25, 0.3) is 0 Å². The van der Waals surface area contributed by atoms with Crippen LogP contribution >= 0.6 is 15.9 Å². The Morgan fingerprint density at radius 3 is 2.55 bits per heavy atom. The SMILES string of the molecule is COc1ccc(CC(=O)NCCCCCBr)cc1OC. The van der Waals surface area contributed by atoms with E-state index < -0.39 is 0 Å². The second-order valence-corrected chi connectivity index (χ2v) is 5.26. The number of carbonyl (C=O) groups excluding carboxylic acids is 1. The number of amides is 1. The molecule has 1 amide bonds. The molecule has 0 spiro atoms. The van der Waals surface area contributed by atoms with Crippen molar-refractivity contribution < 1.29 is 14.3 Å². The zero-order valence-corrected chi connectivity index (χ0v) is 13.7. The highest BCUT2D eigenvalue weighted by atomic mass is 79.9. The van der Waals surface area contributed by atoms with Crippen molar-refractivity contribution in [3.63, 3.8) is 0 Å². The molecule has 0 aliphatic rings. The van der Waals surface area contributed by atoms with E-state index in [-0.39, 0.29) is 5.91 Å². The predicted molar refractivity (Wildman–Crippen MR) is 83.9 cm³/mol. The Morgan fingerprint density at radius 2 is 1.90 bits per heavy atom. The van der Waals surface area contributed by atoms with Gasteiger partial charge in [0.05, 0.1) is 20.6 Å². The standard InChI is InChI=1S/C15H22BrNO3/c1-19-13-7-6-12(10-14(13)20-2)11-15(18)17-9-5-3-4-8-16/h6-7,10H,3-5,8-9,11H2,1-2H3,(H,17,18). The Bertz CT molecular complexity index is 424. The van der Waals surface area contributed by atoms with Crippen LogP contribution in [0.1, 0.15) is 24.8 Å². The minimum Gasteiger partial charge on any atom is -0.493 e. The number of unbranched alkanes of at least 4 members (excludes halogenated alkanes) is 2. The fourth-order valence-corrected chi connectivity index (χ4v) is 2.26. The van der Waals surface area contributed by atoms with Gasteiger partial charge in [0.2, 0.25) is 5.91 Å². The summed E-state index contributed by atoms with van der Waals surface area (Å²) in [6.45, 7) is 0.735. The molecule has 0 aromatic heterocycles. The van der Waals surface area contributed by atoms with Crippen molar-refractivity contribution >= 4 is 21.8 Å². The van der Waals surface area contributed by atoms with Gasteiger partial charge in [-0.05, 0) is 30.5 Å². The van der Waals surface area contributed by atoms with Crippen LogP contribution in [0, 0.1) is 0 Å². The van der Waals surface area contributed by atoms with E-state index in [0.717, 1.165) is 36.7 Å². The highest BCUT2D eigenvalue weighted by molar-refractivity contribution is 9.09. The molecule has 5 heteroatoms. The number of rotatable bonds is 9. The fourth-order valence-electron chi connectivity index (χ4n) is 1.86. The Kier molecular flexibility index (Phi) is 8.11. The summed E-state index contributed by atoms with van der Waals surface area (Å²) in [6, 6.07) is 5.53. The maximum atomic E-state index is 11.8. The van der Waals surface area contributed by atoms with Crippen LogP contribution in [0.2, 0.25) is 0 Å². The first kappa shape index (κ1) is 16.8. The van der Waals surface area contributed by atoms with Gasteiger partial charge in [-0.1, -0.05) is 28.4 Å². The van der Waals surface area contributed by atoms with Crippen molar-refractivity contribution in [1.82, 2.24) is 5.32 Å². The van der Waals surface area contributed by atoms with Gasteiger partial charge in [0.15, 0.2) is 11.5 Å². The number of benzene rings is 1. The lowest BCUT2D eigenvalue weighted by molar-refractivity contribution is -0.120. The second-order valence-electron chi connectivity index (χ2n) is 4.47. The summed E-state index contributed by atoms with van der Waals surface area (Å²) >= 11 is 3.39. The van der Waals surface area contributed by atoms with Crippen LogP contribution in [-0.2, 0) is 11.2 Å². The molecule has 4 nitrogen and oxygen atoms in total. The Morgan fingerprint density at radius 1 is 1.15 bits per heavy atom. The number of hydrogen-bond donors (Lipinski definition) is 1. The van der Waals surface area contributed by atoms with Crippen LogP contribution in [0.25, 0.3) is 0 Å². The average molecular weight is 344 g/mol. The largest absolute Gasteiger partial charge is 0.493 e. The second kappa shape index (κ2) is 9.64. The van der Waals surface area contributed by atoms with Gasteiger partial charge >= 0.3 is 0 Å². The van der Waals surface area contributed by atoms with Crippen LogP contribution in [-0.4, -0.2) is 32.0 Å². The summed E-state index contributed by atoms with van der Waals surface area (Å²) in [4.78, 5) is 11.8. The molecular formula is C15H22BrNO3. The van der Waals surface area contributed by atoms with Crippen LogP contribution < -0.4 is 14.8 Å². The number of carbonyl (C=O) groups is 1. The van der Waals surface area contributed by atoms with Crippen molar-refractivity contribution in [1.29, 1.82) is 0 Å². The molecule has 1 aromatic rings. The van der Waals surface area contributed by atoms with Gasteiger partial charge in [-0.15, -0.1) is 0 Å². The molecule has 0 saturated carbocycles. The molecular weight excluding hydrogens is 322 g/mol. The zero-order chi connectivity index (χ0) is 14.8. The smallest absolute Gasteiger partial charge is 0.224 e. The summed E-state index contributed by atoms with van der Waals surface area (Å²) in [6.07, 6.45) is 3.65. The van der Waals surface area contributed by atoms with Crippen LogP contribution in [0.3, 0.4) is 0 Å². The fraction of sp³-hybridized carbons (Fsp3) is 0.533. The monoisotopic (exact) mass is 343 g/mol. The lowest BCUT2D eigenvalue weighted by Gasteiger charge is -2.10. The number of nitrogens with one attached hydrogen (secondary N) is 1. The first-order valence-electron chi connectivity index (χ1n) is 6.74. The van der Waals surface area contributed by atoms with Crippen LogP contribution in [0.15, 0.2) is 18.2 Å². The van der Waals surface area contributed by atoms with Crippen LogP contribution in [0.5, 0.6) is 11.5 Å². The summed E-state index contributed by atoms with van der Waals surface area (Å²) < 4.78 is 10.4. The molecule has 1 N–H and O–H groups in total. The van der Waals surface area contributed by atoms with Crippen molar-refractivity contribution in [3.8, 4) is 11.5 Å². The molecule has 0 heterocycles. The van der Waals surface area contributed by atoms with Gasteiger partial charge in [-0.2, -0.15) is 0 Å². The minimum atomic E-state index is 0.0380. The van der Waals surface area contributed by atoms with E-state index in [1.54, 1.807) is 14.2 Å². The number of alkyl halides is 1. The number of methoxy groups -OCH3 is 2. The molecule has 0 atom stereocenters. The number of hydrogen-bond acceptors (Lipinski definition) is 3. The molecule has 1 rings (SSSR count). The molecule has 0 aliphatic heterocycles. The molecule has 20 heavy (non-hydrogen) atoms.